The van der Waals surface area contributed by atoms with Crippen molar-refractivity contribution in [3.63, 3.8) is 0 Å². The van der Waals surface area contributed by atoms with Crippen LogP contribution in [-0.4, -0.2) is 86.8 Å². The molecule has 5 rings (SSSR count). The molecule has 0 spiro atoms. The van der Waals surface area contributed by atoms with Crippen LogP contribution in [0.1, 0.15) is 52.4 Å². The number of aliphatic hydroxyl groups is 1. The van der Waals surface area contributed by atoms with Crippen molar-refractivity contribution in [1.82, 2.24) is 5.32 Å². The summed E-state index contributed by atoms with van der Waals surface area (Å²) >= 11 is 0. The van der Waals surface area contributed by atoms with Gasteiger partial charge in [-0.25, -0.2) is 0 Å². The molecule has 7 unspecified atom stereocenters. The Bertz CT molecular complexity index is 956. The van der Waals surface area contributed by atoms with E-state index in [0.717, 1.165) is 38.5 Å². The van der Waals surface area contributed by atoms with Crippen molar-refractivity contribution in [3.05, 3.63) is 11.6 Å². The monoisotopic (exact) mass is 562 g/mol. The number of nitrogens with two attached hydrogens (primary N) is 1. The second-order valence-electron chi connectivity index (χ2n) is 13.6. The lowest BCUT2D eigenvalue weighted by molar-refractivity contribution is -0.220. The summed E-state index contributed by atoms with van der Waals surface area (Å²) in [6.07, 6.45) is 7.14. The number of carboxylic acid groups (broad SMARTS) is 1. The van der Waals surface area contributed by atoms with Crippen LogP contribution in [0.3, 0.4) is 0 Å². The molecule has 5 N–H and O–H groups in total. The van der Waals surface area contributed by atoms with Crippen LogP contribution in [0.4, 0.5) is 0 Å². The summed E-state index contributed by atoms with van der Waals surface area (Å²) in [6, 6.07) is -0.286. The van der Waals surface area contributed by atoms with E-state index in [9.17, 15) is 14.7 Å². The van der Waals surface area contributed by atoms with Gasteiger partial charge in [-0.1, -0.05) is 19.4 Å². The van der Waals surface area contributed by atoms with Gasteiger partial charge in [-0.2, -0.15) is 0 Å². The fourth-order valence-corrected chi connectivity index (χ4v) is 9.49. The SMILES string of the molecule is CO[C@@H]1C[C@@]23COCC(C2CCC2C3=CC(=O)C3C2CCC(CC(C)C)C3C(=O)O)[C@H]1OCCNC[C@@H](N)CO. The molecule has 0 radical (unpaired) electrons. The number of fused-ring (bicyclic) bond motifs is 3. The van der Waals surface area contributed by atoms with Crippen molar-refractivity contribution in [2.24, 2.45) is 58.5 Å². The molecule has 4 fully saturated rings. The minimum Gasteiger partial charge on any atom is -0.481 e. The van der Waals surface area contributed by atoms with E-state index in [0.29, 0.717) is 44.7 Å². The van der Waals surface area contributed by atoms with Gasteiger partial charge in [0, 0.05) is 43.5 Å². The number of nitrogens with one attached hydrogen (secondary N) is 1. The van der Waals surface area contributed by atoms with Crippen molar-refractivity contribution < 1.29 is 34.0 Å². The average Bonchev–Trinajstić information content (AvgIpc) is 2.92. The number of carboxylic acids is 1. The number of carbonyl (C=O) groups excluding carboxylic acids is 1. The number of allylic oxidation sites excluding steroid dienone is 1. The summed E-state index contributed by atoms with van der Waals surface area (Å²) in [4.78, 5) is 26.4. The summed E-state index contributed by atoms with van der Waals surface area (Å²) in [7, 11) is 1.75. The van der Waals surface area contributed by atoms with Gasteiger partial charge in [-0.15, -0.1) is 0 Å². The Hall–Kier alpha value is -1.36. The lowest BCUT2D eigenvalue weighted by Crippen LogP contribution is -2.64. The molecule has 0 amide bonds. The molecule has 4 aliphatic carbocycles. The number of carbonyl (C=O) groups is 2. The highest BCUT2D eigenvalue weighted by atomic mass is 16.5. The first kappa shape index (κ1) is 30.1. The van der Waals surface area contributed by atoms with E-state index < -0.39 is 17.8 Å². The lowest BCUT2D eigenvalue weighted by Gasteiger charge is -2.63. The van der Waals surface area contributed by atoms with Crippen LogP contribution in [0.25, 0.3) is 0 Å². The summed E-state index contributed by atoms with van der Waals surface area (Å²) < 4.78 is 18.8. The van der Waals surface area contributed by atoms with Crippen LogP contribution in [0, 0.1) is 52.8 Å². The molecule has 9 heteroatoms. The molecule has 1 saturated heterocycles. The summed E-state index contributed by atoms with van der Waals surface area (Å²) in [6.45, 7) is 7.12. The maximum absolute atomic E-state index is 13.9. The van der Waals surface area contributed by atoms with Crippen LogP contribution in [0.5, 0.6) is 0 Å². The molecule has 11 atom stereocenters. The van der Waals surface area contributed by atoms with E-state index in [1.54, 1.807) is 7.11 Å². The van der Waals surface area contributed by atoms with Crippen LogP contribution < -0.4 is 11.1 Å². The Morgan fingerprint density at radius 3 is 2.75 bits per heavy atom. The Labute approximate surface area is 238 Å². The zero-order valence-corrected chi connectivity index (χ0v) is 24.4. The Balaban J connectivity index is 1.37. The van der Waals surface area contributed by atoms with Crippen LogP contribution >= 0.6 is 0 Å². The van der Waals surface area contributed by atoms with E-state index in [4.69, 9.17) is 25.1 Å². The minimum atomic E-state index is -0.802. The number of ether oxygens (including phenoxy) is 3. The summed E-state index contributed by atoms with van der Waals surface area (Å²) in [5.41, 5.74) is 6.74. The fraction of sp³-hybridized carbons (Fsp3) is 0.871. The van der Waals surface area contributed by atoms with E-state index in [2.05, 4.69) is 19.2 Å². The highest BCUT2D eigenvalue weighted by Crippen LogP contribution is 2.64. The predicted octanol–water partition coefficient (Wildman–Crippen LogP) is 2.26. The highest BCUT2D eigenvalue weighted by Gasteiger charge is 2.63. The van der Waals surface area contributed by atoms with E-state index >= 15 is 0 Å². The maximum Gasteiger partial charge on any atom is 0.307 e. The van der Waals surface area contributed by atoms with Crippen molar-refractivity contribution in [2.75, 3.05) is 46.6 Å². The first-order valence-electron chi connectivity index (χ1n) is 15.5. The molecular weight excluding hydrogens is 512 g/mol. The Kier molecular flexibility index (Phi) is 9.39. The second-order valence-corrected chi connectivity index (χ2v) is 13.6. The molecule has 40 heavy (non-hydrogen) atoms. The average molecular weight is 563 g/mol. The van der Waals surface area contributed by atoms with E-state index in [1.165, 1.54) is 5.57 Å². The highest BCUT2D eigenvalue weighted by molar-refractivity contribution is 5.97. The first-order chi connectivity index (χ1) is 19.2. The largest absolute Gasteiger partial charge is 0.481 e. The zero-order valence-electron chi connectivity index (χ0n) is 24.4. The number of hydrogen-bond acceptors (Lipinski definition) is 8. The van der Waals surface area contributed by atoms with Crippen molar-refractivity contribution in [2.45, 2.75) is 70.6 Å². The van der Waals surface area contributed by atoms with Gasteiger partial charge < -0.3 is 35.5 Å². The van der Waals surface area contributed by atoms with Crippen molar-refractivity contribution >= 4 is 11.8 Å². The van der Waals surface area contributed by atoms with Crippen molar-refractivity contribution in [1.29, 1.82) is 0 Å². The zero-order chi connectivity index (χ0) is 28.6. The second kappa shape index (κ2) is 12.5. The fourth-order valence-electron chi connectivity index (χ4n) is 9.49. The maximum atomic E-state index is 13.9. The molecule has 1 heterocycles. The van der Waals surface area contributed by atoms with E-state index in [-0.39, 0.29) is 59.7 Å². The first-order valence-corrected chi connectivity index (χ1v) is 15.5. The van der Waals surface area contributed by atoms with Gasteiger partial charge in [0.2, 0.25) is 0 Å². The molecule has 5 aliphatic rings. The third kappa shape index (κ3) is 5.42. The normalized spacial score (nSPS) is 41.5. The Morgan fingerprint density at radius 2 is 2.05 bits per heavy atom. The topological polar surface area (TPSA) is 140 Å². The molecule has 0 aromatic carbocycles. The number of ketones is 1. The molecule has 3 saturated carbocycles. The van der Waals surface area contributed by atoms with Crippen molar-refractivity contribution in [3.8, 4) is 0 Å². The van der Waals surface area contributed by atoms with Crippen LogP contribution in [0.15, 0.2) is 11.6 Å². The number of methoxy groups -OCH3 is 1. The molecule has 2 bridgehead atoms. The van der Waals surface area contributed by atoms with Gasteiger partial charge in [-0.05, 0) is 74.2 Å². The van der Waals surface area contributed by atoms with Crippen LogP contribution in [-0.2, 0) is 23.8 Å². The third-order valence-electron chi connectivity index (χ3n) is 11.0. The minimum absolute atomic E-state index is 0.0220. The molecule has 9 nitrogen and oxygen atoms in total. The van der Waals surface area contributed by atoms with Crippen LogP contribution in [0.2, 0.25) is 0 Å². The molecule has 226 valence electrons. The van der Waals surface area contributed by atoms with Gasteiger partial charge >= 0.3 is 5.97 Å². The van der Waals surface area contributed by atoms with Gasteiger partial charge in [0.05, 0.1) is 44.6 Å². The molecule has 1 aliphatic heterocycles. The summed E-state index contributed by atoms with van der Waals surface area (Å²) in [5.74, 6) is -0.447. The number of hydrogen-bond donors (Lipinski definition) is 4. The third-order valence-corrected chi connectivity index (χ3v) is 11.0. The van der Waals surface area contributed by atoms with Gasteiger partial charge in [0.15, 0.2) is 5.78 Å². The number of rotatable bonds is 11. The smallest absolute Gasteiger partial charge is 0.307 e. The van der Waals surface area contributed by atoms with Gasteiger partial charge in [0.1, 0.15) is 0 Å². The standard InChI is InChI=1S/C31H50N2O7/c1-17(2)10-18-4-5-21-20-6-7-23-22-15-39-16-31(23,24(20)11-25(35)28(21)27(18)30(36)37)12-26(38-3)29(22)40-9-8-33-13-19(32)14-34/h11,17-23,26-29,33-34H,4-10,12-16,32H2,1-3H3,(H,36,37)/t18?,19-,20?,21?,22?,23?,26-,27?,28?,29-,31-/m1/s1. The molecule has 0 aromatic rings. The molecule has 0 aromatic heterocycles. The summed E-state index contributed by atoms with van der Waals surface area (Å²) in [5, 5.41) is 22.7. The number of aliphatic hydroxyl groups excluding tert-OH is 1. The quantitative estimate of drug-likeness (QED) is 0.279. The van der Waals surface area contributed by atoms with E-state index in [1.807, 2.05) is 6.08 Å². The lowest BCUT2D eigenvalue weighted by atomic mass is 9.45. The van der Waals surface area contributed by atoms with Gasteiger partial charge in [-0.3, -0.25) is 9.59 Å². The number of aliphatic carboxylic acids is 1. The van der Waals surface area contributed by atoms with Gasteiger partial charge in [0.25, 0.3) is 0 Å². The Morgan fingerprint density at radius 1 is 1.25 bits per heavy atom. The predicted molar refractivity (Wildman–Crippen MR) is 149 cm³/mol. The molecular formula is C31H50N2O7.